The second kappa shape index (κ2) is 6.43. The Morgan fingerprint density at radius 2 is 1.83 bits per heavy atom. The lowest BCUT2D eigenvalue weighted by atomic mass is 9.84. The number of hydrogen-bond donors (Lipinski definition) is 1. The number of carbonyl (C=O) groups excluding carboxylic acids is 1. The molecule has 6 heteroatoms. The zero-order valence-electron chi connectivity index (χ0n) is 13.1. The Kier molecular flexibility index (Phi) is 4.53. The van der Waals surface area contributed by atoms with Crippen LogP contribution in [0.3, 0.4) is 0 Å². The van der Waals surface area contributed by atoms with Crippen molar-refractivity contribution in [2.75, 3.05) is 6.26 Å². The maximum atomic E-state index is 12.9. The number of fused-ring (bicyclic) bond motifs is 1. The average Bonchev–Trinajstić information content (AvgIpc) is 2.94. The standard InChI is InChI=1S/C17H21NO4S/c1-23(22)13-8-6-11(7-9-13)16(19)18-14-5-3-2-4-12(14)10-15(18)17(20)21/h6-9,12,14-15H,2-5,10H2,1H3,(H,20,21)/t12-,14+,15-,23-/m0/s1. The van der Waals surface area contributed by atoms with E-state index in [-0.39, 0.29) is 11.9 Å². The second-order valence-electron chi connectivity index (χ2n) is 6.39. The molecule has 0 unspecified atom stereocenters. The Morgan fingerprint density at radius 1 is 1.17 bits per heavy atom. The summed E-state index contributed by atoms with van der Waals surface area (Å²) in [5.41, 5.74) is 0.469. The molecule has 0 radical (unpaired) electrons. The highest BCUT2D eigenvalue weighted by Gasteiger charge is 2.47. The summed E-state index contributed by atoms with van der Waals surface area (Å²) in [7, 11) is -1.09. The van der Waals surface area contributed by atoms with Gasteiger partial charge in [0.2, 0.25) is 0 Å². The number of carboxylic acid groups (broad SMARTS) is 1. The molecule has 1 saturated carbocycles. The van der Waals surface area contributed by atoms with E-state index in [1.54, 1.807) is 35.4 Å². The molecule has 1 amide bonds. The van der Waals surface area contributed by atoms with Crippen LogP contribution in [0.15, 0.2) is 29.2 Å². The van der Waals surface area contributed by atoms with Crippen molar-refractivity contribution in [2.24, 2.45) is 5.92 Å². The molecule has 1 aliphatic carbocycles. The topological polar surface area (TPSA) is 74.7 Å². The molecule has 5 nitrogen and oxygen atoms in total. The molecular weight excluding hydrogens is 314 g/mol. The van der Waals surface area contributed by atoms with Gasteiger partial charge in [-0.15, -0.1) is 0 Å². The van der Waals surface area contributed by atoms with Crippen molar-refractivity contribution >= 4 is 22.7 Å². The number of rotatable bonds is 3. The quantitative estimate of drug-likeness (QED) is 0.919. The molecule has 0 aromatic heterocycles. The van der Waals surface area contributed by atoms with Crippen LogP contribution >= 0.6 is 0 Å². The Bertz CT molecular complexity index is 642. The molecule has 4 atom stereocenters. The maximum absolute atomic E-state index is 12.9. The third-order valence-corrected chi connectivity index (χ3v) is 5.98. The van der Waals surface area contributed by atoms with Crippen LogP contribution in [0.1, 0.15) is 42.5 Å². The summed E-state index contributed by atoms with van der Waals surface area (Å²) in [6.07, 6.45) is 6.20. The lowest BCUT2D eigenvalue weighted by Gasteiger charge is -2.33. The number of carbonyl (C=O) groups is 2. The van der Waals surface area contributed by atoms with Crippen molar-refractivity contribution in [3.8, 4) is 0 Å². The van der Waals surface area contributed by atoms with Crippen LogP contribution in [0.2, 0.25) is 0 Å². The van der Waals surface area contributed by atoms with E-state index in [0.717, 1.165) is 25.7 Å². The molecule has 1 N–H and O–H groups in total. The first kappa shape index (κ1) is 16.2. The third kappa shape index (κ3) is 3.04. The van der Waals surface area contributed by atoms with E-state index >= 15 is 0 Å². The van der Waals surface area contributed by atoms with Crippen molar-refractivity contribution in [3.05, 3.63) is 29.8 Å². The summed E-state index contributed by atoms with van der Waals surface area (Å²) in [5, 5.41) is 9.51. The van der Waals surface area contributed by atoms with Crippen LogP contribution in [0.25, 0.3) is 0 Å². The fraction of sp³-hybridized carbons (Fsp3) is 0.529. The van der Waals surface area contributed by atoms with Gasteiger partial charge in [-0.1, -0.05) is 12.8 Å². The summed E-state index contributed by atoms with van der Waals surface area (Å²) >= 11 is 0. The van der Waals surface area contributed by atoms with Crippen LogP contribution in [0, 0.1) is 5.92 Å². The number of likely N-dealkylation sites (tertiary alicyclic amines) is 1. The minimum atomic E-state index is -1.09. The molecule has 1 aromatic rings. The molecule has 1 aromatic carbocycles. The lowest BCUT2D eigenvalue weighted by Crippen LogP contribution is -2.46. The first-order valence-electron chi connectivity index (χ1n) is 7.98. The summed E-state index contributed by atoms with van der Waals surface area (Å²) in [6, 6.07) is 5.96. The molecule has 124 valence electrons. The molecular formula is C17H21NO4S. The SMILES string of the molecule is C[S@](=O)c1ccc(C(=O)N2[C@@H]3CCCC[C@H]3C[C@H]2C(=O)O)cc1. The van der Waals surface area contributed by atoms with Gasteiger partial charge in [-0.3, -0.25) is 9.00 Å². The molecule has 0 bridgehead atoms. The van der Waals surface area contributed by atoms with E-state index in [1.807, 2.05) is 0 Å². The predicted molar refractivity (Wildman–Crippen MR) is 86.7 cm³/mol. The predicted octanol–water partition coefficient (Wildman–Crippen LogP) is 2.28. The van der Waals surface area contributed by atoms with Gasteiger partial charge in [0.15, 0.2) is 0 Å². The first-order chi connectivity index (χ1) is 11.0. The smallest absolute Gasteiger partial charge is 0.326 e. The van der Waals surface area contributed by atoms with Crippen molar-refractivity contribution in [1.82, 2.24) is 4.90 Å². The van der Waals surface area contributed by atoms with E-state index in [9.17, 15) is 18.9 Å². The molecule has 23 heavy (non-hydrogen) atoms. The highest BCUT2D eigenvalue weighted by atomic mass is 32.2. The molecule has 0 spiro atoms. The zero-order valence-corrected chi connectivity index (χ0v) is 13.9. The van der Waals surface area contributed by atoms with Gasteiger partial charge >= 0.3 is 5.97 Å². The molecule has 1 heterocycles. The van der Waals surface area contributed by atoms with E-state index in [1.165, 1.54) is 0 Å². The molecule has 1 aliphatic heterocycles. The molecule has 2 aliphatic rings. The first-order valence-corrected chi connectivity index (χ1v) is 9.54. The monoisotopic (exact) mass is 335 g/mol. The van der Waals surface area contributed by atoms with Crippen molar-refractivity contribution < 1.29 is 18.9 Å². The minimum absolute atomic E-state index is 0.0392. The maximum Gasteiger partial charge on any atom is 0.326 e. The number of amides is 1. The van der Waals surface area contributed by atoms with Crippen molar-refractivity contribution in [3.63, 3.8) is 0 Å². The number of aliphatic carboxylic acids is 1. The van der Waals surface area contributed by atoms with E-state index in [2.05, 4.69) is 0 Å². The summed E-state index contributed by atoms with van der Waals surface area (Å²) in [4.78, 5) is 26.7. The lowest BCUT2D eigenvalue weighted by molar-refractivity contribution is -0.141. The van der Waals surface area contributed by atoms with Gasteiger partial charge in [-0.25, -0.2) is 4.79 Å². The van der Waals surface area contributed by atoms with Crippen molar-refractivity contribution in [2.45, 2.75) is 49.1 Å². The normalized spacial score (nSPS) is 28.2. The van der Waals surface area contributed by atoms with Gasteiger partial charge in [0.05, 0.1) is 0 Å². The van der Waals surface area contributed by atoms with Gasteiger partial charge in [0.1, 0.15) is 6.04 Å². The van der Waals surface area contributed by atoms with E-state index < -0.39 is 22.8 Å². The van der Waals surface area contributed by atoms with Gasteiger partial charge in [-0.05, 0) is 49.4 Å². The third-order valence-electron chi connectivity index (χ3n) is 5.04. The van der Waals surface area contributed by atoms with Gasteiger partial charge in [0.25, 0.3) is 5.91 Å². The van der Waals surface area contributed by atoms with Crippen LogP contribution in [-0.2, 0) is 15.6 Å². The number of nitrogens with zero attached hydrogens (tertiary/aromatic N) is 1. The van der Waals surface area contributed by atoms with Gasteiger partial charge in [-0.2, -0.15) is 0 Å². The summed E-state index contributed by atoms with van der Waals surface area (Å²) in [5.74, 6) is -0.838. The Morgan fingerprint density at radius 3 is 2.43 bits per heavy atom. The van der Waals surface area contributed by atoms with Crippen LogP contribution in [0.4, 0.5) is 0 Å². The van der Waals surface area contributed by atoms with Crippen LogP contribution < -0.4 is 0 Å². The second-order valence-corrected chi connectivity index (χ2v) is 7.77. The highest BCUT2D eigenvalue weighted by Crippen LogP contribution is 2.40. The van der Waals surface area contributed by atoms with Crippen LogP contribution in [-0.4, -0.2) is 44.4 Å². The average molecular weight is 335 g/mol. The Hall–Kier alpha value is -1.69. The van der Waals surface area contributed by atoms with E-state index in [0.29, 0.717) is 22.8 Å². The molecule has 2 fully saturated rings. The number of hydrogen-bond acceptors (Lipinski definition) is 3. The van der Waals surface area contributed by atoms with Gasteiger partial charge < -0.3 is 10.0 Å². The molecule has 3 rings (SSSR count). The summed E-state index contributed by atoms with van der Waals surface area (Å²) < 4.78 is 11.4. The zero-order chi connectivity index (χ0) is 16.6. The van der Waals surface area contributed by atoms with Crippen LogP contribution in [0.5, 0.6) is 0 Å². The largest absolute Gasteiger partial charge is 0.480 e. The Balaban J connectivity index is 1.88. The highest BCUT2D eigenvalue weighted by molar-refractivity contribution is 7.84. The Labute approximate surface area is 138 Å². The summed E-state index contributed by atoms with van der Waals surface area (Å²) in [6.45, 7) is 0. The fourth-order valence-corrected chi connectivity index (χ4v) is 4.43. The number of benzene rings is 1. The molecule has 1 saturated heterocycles. The van der Waals surface area contributed by atoms with E-state index in [4.69, 9.17) is 0 Å². The fourth-order valence-electron chi connectivity index (χ4n) is 3.91. The number of carboxylic acids is 1. The minimum Gasteiger partial charge on any atom is -0.480 e. The van der Waals surface area contributed by atoms with Gasteiger partial charge in [0, 0.05) is 33.6 Å². The van der Waals surface area contributed by atoms with Crippen molar-refractivity contribution in [1.29, 1.82) is 0 Å².